The molecule has 0 radical (unpaired) electrons. The van der Waals surface area contributed by atoms with Gasteiger partial charge in [-0.15, -0.1) is 0 Å². The summed E-state index contributed by atoms with van der Waals surface area (Å²) in [6.45, 7) is 4.68. The molecule has 0 fully saturated rings. The summed E-state index contributed by atoms with van der Waals surface area (Å²) >= 11 is 0. The quantitative estimate of drug-likeness (QED) is 0.428. The molecule has 0 spiro atoms. The average molecular weight is 479 g/mol. The predicted molar refractivity (Wildman–Crippen MR) is 130 cm³/mol. The lowest BCUT2D eigenvalue weighted by Crippen LogP contribution is -2.30. The third-order valence-electron chi connectivity index (χ3n) is 5.17. The Bertz CT molecular complexity index is 1180. The van der Waals surface area contributed by atoms with Crippen molar-refractivity contribution in [3.05, 3.63) is 95.3 Å². The fourth-order valence-electron chi connectivity index (χ4n) is 3.30. The van der Waals surface area contributed by atoms with Crippen LogP contribution in [0.1, 0.15) is 40.1 Å². The first-order valence-corrected chi connectivity index (χ1v) is 11.2. The monoisotopic (exact) mass is 478 g/mol. The fraction of sp³-hybridized carbons (Fsp3) is 0.222. The van der Waals surface area contributed by atoms with Crippen LogP contribution in [0.3, 0.4) is 0 Å². The van der Waals surface area contributed by atoms with Gasteiger partial charge in [0.2, 0.25) is 0 Å². The molecule has 2 amide bonds. The number of carbonyl (C=O) groups is 3. The molecular formula is C27H27FN2O5. The van der Waals surface area contributed by atoms with E-state index in [0.717, 1.165) is 5.56 Å². The fourth-order valence-corrected chi connectivity index (χ4v) is 3.30. The highest BCUT2D eigenvalue weighted by molar-refractivity contribution is 5.98. The molecule has 0 saturated heterocycles. The third kappa shape index (κ3) is 7.40. The second kappa shape index (κ2) is 12.3. The molecule has 0 aromatic heterocycles. The van der Waals surface area contributed by atoms with E-state index in [1.54, 1.807) is 59.5 Å². The highest BCUT2D eigenvalue weighted by Crippen LogP contribution is 2.17. The van der Waals surface area contributed by atoms with Crippen molar-refractivity contribution in [2.24, 2.45) is 0 Å². The van der Waals surface area contributed by atoms with Crippen molar-refractivity contribution in [1.82, 2.24) is 4.90 Å². The molecule has 0 saturated carbocycles. The molecule has 0 aliphatic heterocycles. The molecule has 0 atom stereocenters. The smallest absolute Gasteiger partial charge is 0.338 e. The molecule has 3 rings (SSSR count). The maximum absolute atomic E-state index is 13.0. The van der Waals surface area contributed by atoms with Crippen LogP contribution in [0.2, 0.25) is 0 Å². The van der Waals surface area contributed by atoms with E-state index in [0.29, 0.717) is 30.1 Å². The van der Waals surface area contributed by atoms with Gasteiger partial charge in [-0.2, -0.15) is 0 Å². The van der Waals surface area contributed by atoms with Gasteiger partial charge in [0.15, 0.2) is 6.61 Å². The summed E-state index contributed by atoms with van der Waals surface area (Å²) in [5.41, 5.74) is 1.89. The van der Waals surface area contributed by atoms with Gasteiger partial charge in [0.1, 0.15) is 18.2 Å². The molecule has 0 heterocycles. The van der Waals surface area contributed by atoms with Gasteiger partial charge in [-0.1, -0.05) is 24.3 Å². The average Bonchev–Trinajstić information content (AvgIpc) is 2.88. The molecule has 8 heteroatoms. The Morgan fingerprint density at radius 3 is 2.29 bits per heavy atom. The van der Waals surface area contributed by atoms with E-state index in [1.165, 1.54) is 18.2 Å². The zero-order valence-corrected chi connectivity index (χ0v) is 19.6. The number of benzene rings is 3. The van der Waals surface area contributed by atoms with E-state index in [4.69, 9.17) is 9.47 Å². The van der Waals surface area contributed by atoms with Crippen LogP contribution in [-0.2, 0) is 16.1 Å². The summed E-state index contributed by atoms with van der Waals surface area (Å²) in [4.78, 5) is 38.9. The summed E-state index contributed by atoms with van der Waals surface area (Å²) in [5, 5.41) is 2.63. The largest absolute Gasteiger partial charge is 0.489 e. The minimum absolute atomic E-state index is 0.126. The van der Waals surface area contributed by atoms with Crippen LogP contribution in [0.25, 0.3) is 0 Å². The number of hydrogen-bond acceptors (Lipinski definition) is 5. The second-order valence-electron chi connectivity index (χ2n) is 7.63. The number of hydrogen-bond donors (Lipinski definition) is 1. The summed E-state index contributed by atoms with van der Waals surface area (Å²) in [6, 6.07) is 18.9. The first kappa shape index (κ1) is 25.4. The maximum atomic E-state index is 13.0. The minimum atomic E-state index is -0.683. The standard InChI is InChI=1S/C27H27FN2O5/c1-3-30(4-2)26(32)20-7-5-9-23(15-20)29-25(31)18-35-27(33)21-8-6-10-24(16-21)34-17-19-11-13-22(28)14-12-19/h5-16H,3-4,17-18H2,1-2H3,(H,29,31). The Kier molecular flexibility index (Phi) is 8.95. The van der Waals surface area contributed by atoms with E-state index in [1.807, 2.05) is 13.8 Å². The van der Waals surface area contributed by atoms with E-state index in [9.17, 15) is 18.8 Å². The van der Waals surface area contributed by atoms with Crippen molar-refractivity contribution in [1.29, 1.82) is 0 Å². The first-order valence-electron chi connectivity index (χ1n) is 11.2. The molecule has 35 heavy (non-hydrogen) atoms. The number of nitrogens with one attached hydrogen (secondary N) is 1. The molecule has 0 aliphatic rings. The zero-order valence-electron chi connectivity index (χ0n) is 19.6. The molecular weight excluding hydrogens is 451 g/mol. The van der Waals surface area contributed by atoms with Crippen LogP contribution in [0.5, 0.6) is 5.75 Å². The van der Waals surface area contributed by atoms with Gasteiger partial charge in [0.05, 0.1) is 5.56 Å². The summed E-state index contributed by atoms with van der Waals surface area (Å²) < 4.78 is 23.8. The summed E-state index contributed by atoms with van der Waals surface area (Å²) in [7, 11) is 0. The van der Waals surface area contributed by atoms with Crippen LogP contribution in [0, 0.1) is 5.82 Å². The molecule has 7 nitrogen and oxygen atoms in total. The molecule has 0 bridgehead atoms. The Labute approximate surface area is 203 Å². The Morgan fingerprint density at radius 1 is 0.886 bits per heavy atom. The third-order valence-corrected chi connectivity index (χ3v) is 5.17. The van der Waals surface area contributed by atoms with Crippen LogP contribution < -0.4 is 10.1 Å². The van der Waals surface area contributed by atoms with Gasteiger partial charge >= 0.3 is 5.97 Å². The highest BCUT2D eigenvalue weighted by atomic mass is 19.1. The van der Waals surface area contributed by atoms with Gasteiger partial charge in [-0.3, -0.25) is 9.59 Å². The van der Waals surface area contributed by atoms with Crippen LogP contribution >= 0.6 is 0 Å². The van der Waals surface area contributed by atoms with Crippen molar-refractivity contribution >= 4 is 23.5 Å². The lowest BCUT2D eigenvalue weighted by atomic mass is 10.1. The van der Waals surface area contributed by atoms with Crippen molar-refractivity contribution in [2.75, 3.05) is 25.0 Å². The van der Waals surface area contributed by atoms with E-state index in [2.05, 4.69) is 5.32 Å². The van der Waals surface area contributed by atoms with Crippen molar-refractivity contribution in [2.45, 2.75) is 20.5 Å². The number of nitrogens with zero attached hydrogens (tertiary/aromatic N) is 1. The molecule has 1 N–H and O–H groups in total. The van der Waals surface area contributed by atoms with E-state index < -0.39 is 18.5 Å². The topological polar surface area (TPSA) is 84.9 Å². The summed E-state index contributed by atoms with van der Waals surface area (Å²) in [5.74, 6) is -1.24. The second-order valence-corrected chi connectivity index (χ2v) is 7.63. The van der Waals surface area contributed by atoms with E-state index >= 15 is 0 Å². The normalized spacial score (nSPS) is 10.4. The number of esters is 1. The molecule has 3 aromatic rings. The Balaban J connectivity index is 1.52. The molecule has 0 aliphatic carbocycles. The summed E-state index contributed by atoms with van der Waals surface area (Å²) in [6.07, 6.45) is 0. The number of carbonyl (C=O) groups excluding carboxylic acids is 3. The lowest BCUT2D eigenvalue weighted by molar-refractivity contribution is -0.119. The number of amides is 2. The SMILES string of the molecule is CCN(CC)C(=O)c1cccc(NC(=O)COC(=O)c2cccc(OCc3ccc(F)cc3)c2)c1. The van der Waals surface area contributed by atoms with E-state index in [-0.39, 0.29) is 23.9 Å². The zero-order chi connectivity index (χ0) is 25.2. The molecule has 0 unspecified atom stereocenters. The maximum Gasteiger partial charge on any atom is 0.338 e. The predicted octanol–water partition coefficient (Wildman–Crippen LogP) is 4.68. The van der Waals surface area contributed by atoms with Crippen LogP contribution in [0.4, 0.5) is 10.1 Å². The van der Waals surface area contributed by atoms with Gasteiger partial charge < -0.3 is 19.7 Å². The van der Waals surface area contributed by atoms with Gasteiger partial charge in [-0.05, 0) is 67.9 Å². The van der Waals surface area contributed by atoms with Crippen LogP contribution in [0.15, 0.2) is 72.8 Å². The van der Waals surface area contributed by atoms with Crippen LogP contribution in [-0.4, -0.2) is 42.4 Å². The Morgan fingerprint density at radius 2 is 1.57 bits per heavy atom. The number of halogens is 1. The number of anilines is 1. The van der Waals surface area contributed by atoms with Gasteiger partial charge in [0, 0.05) is 24.3 Å². The highest BCUT2D eigenvalue weighted by Gasteiger charge is 2.15. The first-order chi connectivity index (χ1) is 16.9. The van der Waals surface area contributed by atoms with Crippen molar-refractivity contribution in [3.63, 3.8) is 0 Å². The molecule has 182 valence electrons. The number of ether oxygens (including phenoxy) is 2. The minimum Gasteiger partial charge on any atom is -0.489 e. The van der Waals surface area contributed by atoms with Crippen molar-refractivity contribution < 1.29 is 28.2 Å². The lowest BCUT2D eigenvalue weighted by Gasteiger charge is -2.19. The molecule has 3 aromatic carbocycles. The van der Waals surface area contributed by atoms with Crippen molar-refractivity contribution in [3.8, 4) is 5.75 Å². The number of rotatable bonds is 10. The van der Waals surface area contributed by atoms with Gasteiger partial charge in [-0.25, -0.2) is 9.18 Å². The Hall–Kier alpha value is -4.20. The van der Waals surface area contributed by atoms with Gasteiger partial charge in [0.25, 0.3) is 11.8 Å².